The van der Waals surface area contributed by atoms with Gasteiger partial charge in [-0.15, -0.1) is 0 Å². The Bertz CT molecular complexity index is 431. The number of amides is 2. The first-order chi connectivity index (χ1) is 8.97. The Morgan fingerprint density at radius 1 is 1.21 bits per heavy atom. The van der Waals surface area contributed by atoms with Crippen molar-refractivity contribution in [3.8, 4) is 5.75 Å². The molecule has 1 unspecified atom stereocenters. The lowest BCUT2D eigenvalue weighted by molar-refractivity contribution is -0.120. The smallest absolute Gasteiger partial charge is 0.255 e. The van der Waals surface area contributed by atoms with E-state index in [2.05, 4.69) is 5.32 Å². The summed E-state index contributed by atoms with van der Waals surface area (Å²) in [6.07, 6.45) is 0.305. The zero-order chi connectivity index (χ0) is 14.3. The van der Waals surface area contributed by atoms with Gasteiger partial charge in [0.15, 0.2) is 6.61 Å². The zero-order valence-corrected chi connectivity index (χ0v) is 10.9. The van der Waals surface area contributed by atoms with E-state index in [1.165, 1.54) is 0 Å². The number of primary amides is 2. The summed E-state index contributed by atoms with van der Waals surface area (Å²) in [5, 5.41) is 3.18. The minimum Gasteiger partial charge on any atom is -0.484 e. The van der Waals surface area contributed by atoms with Crippen LogP contribution in [0.5, 0.6) is 5.75 Å². The van der Waals surface area contributed by atoms with Crippen molar-refractivity contribution < 1.29 is 14.3 Å². The Morgan fingerprint density at radius 3 is 2.37 bits per heavy atom. The van der Waals surface area contributed by atoms with Gasteiger partial charge in [0, 0.05) is 19.0 Å². The van der Waals surface area contributed by atoms with Gasteiger partial charge < -0.3 is 21.5 Å². The number of ether oxygens (including phenoxy) is 1. The van der Waals surface area contributed by atoms with Crippen LogP contribution in [0.3, 0.4) is 0 Å². The molecule has 0 saturated carbocycles. The van der Waals surface area contributed by atoms with Crippen molar-refractivity contribution in [1.29, 1.82) is 0 Å². The van der Waals surface area contributed by atoms with Crippen LogP contribution in [-0.2, 0) is 16.1 Å². The molecule has 1 aromatic rings. The fraction of sp³-hybridized carbons (Fsp3) is 0.385. The molecule has 0 aromatic heterocycles. The van der Waals surface area contributed by atoms with Gasteiger partial charge in [-0.1, -0.05) is 12.1 Å². The average molecular weight is 265 g/mol. The second kappa shape index (κ2) is 7.38. The van der Waals surface area contributed by atoms with E-state index in [0.717, 1.165) is 5.56 Å². The first kappa shape index (κ1) is 15.0. The molecule has 19 heavy (non-hydrogen) atoms. The molecule has 1 rings (SSSR count). The van der Waals surface area contributed by atoms with Gasteiger partial charge in [-0.3, -0.25) is 9.59 Å². The molecule has 6 nitrogen and oxygen atoms in total. The van der Waals surface area contributed by atoms with Crippen LogP contribution in [0.4, 0.5) is 0 Å². The monoisotopic (exact) mass is 265 g/mol. The lowest BCUT2D eigenvalue weighted by Crippen LogP contribution is -2.30. The fourth-order valence-electron chi connectivity index (χ4n) is 1.52. The van der Waals surface area contributed by atoms with Gasteiger partial charge >= 0.3 is 0 Å². The summed E-state index contributed by atoms with van der Waals surface area (Å²) in [6, 6.07) is 7.31. The third kappa shape index (κ3) is 6.42. The first-order valence-corrected chi connectivity index (χ1v) is 5.99. The van der Waals surface area contributed by atoms with E-state index in [9.17, 15) is 9.59 Å². The molecule has 0 heterocycles. The highest BCUT2D eigenvalue weighted by atomic mass is 16.5. The van der Waals surface area contributed by atoms with Crippen LogP contribution in [0.1, 0.15) is 18.9 Å². The van der Waals surface area contributed by atoms with Gasteiger partial charge in [0.25, 0.3) is 5.91 Å². The summed E-state index contributed by atoms with van der Waals surface area (Å²) in [4.78, 5) is 21.3. The Morgan fingerprint density at radius 2 is 1.84 bits per heavy atom. The number of benzene rings is 1. The summed E-state index contributed by atoms with van der Waals surface area (Å²) >= 11 is 0. The highest BCUT2D eigenvalue weighted by molar-refractivity contribution is 5.75. The van der Waals surface area contributed by atoms with Crippen molar-refractivity contribution in [2.45, 2.75) is 25.9 Å². The molecule has 104 valence electrons. The highest BCUT2D eigenvalue weighted by Crippen LogP contribution is 2.12. The standard InChI is InChI=1S/C13H19N3O3/c1-9(6-12(14)17)16-7-10-2-4-11(5-3-10)19-8-13(15)18/h2-5,9,16H,6-8H2,1H3,(H2,14,17)(H2,15,18). The number of rotatable bonds is 8. The molecular weight excluding hydrogens is 246 g/mol. The van der Waals surface area contributed by atoms with Gasteiger partial charge in [-0.05, 0) is 24.6 Å². The molecule has 0 aliphatic carbocycles. The molecule has 1 atom stereocenters. The van der Waals surface area contributed by atoms with Crippen LogP contribution in [0.2, 0.25) is 0 Å². The predicted octanol–water partition coefficient (Wildman–Crippen LogP) is -0.0958. The largest absolute Gasteiger partial charge is 0.484 e. The van der Waals surface area contributed by atoms with Crippen LogP contribution < -0.4 is 21.5 Å². The van der Waals surface area contributed by atoms with Crippen molar-refractivity contribution in [1.82, 2.24) is 5.32 Å². The van der Waals surface area contributed by atoms with E-state index in [1.54, 1.807) is 12.1 Å². The summed E-state index contributed by atoms with van der Waals surface area (Å²) < 4.78 is 5.14. The maximum atomic E-state index is 10.7. The maximum Gasteiger partial charge on any atom is 0.255 e. The number of carbonyl (C=O) groups is 2. The van der Waals surface area contributed by atoms with E-state index in [0.29, 0.717) is 18.7 Å². The minimum atomic E-state index is -0.508. The molecule has 0 radical (unpaired) electrons. The van der Waals surface area contributed by atoms with Crippen LogP contribution >= 0.6 is 0 Å². The summed E-state index contributed by atoms with van der Waals surface area (Å²) in [7, 11) is 0. The third-order valence-electron chi connectivity index (χ3n) is 2.47. The van der Waals surface area contributed by atoms with Crippen molar-refractivity contribution in [3.05, 3.63) is 29.8 Å². The van der Waals surface area contributed by atoms with Crippen molar-refractivity contribution in [3.63, 3.8) is 0 Å². The molecule has 2 amide bonds. The van der Waals surface area contributed by atoms with Crippen LogP contribution in [-0.4, -0.2) is 24.5 Å². The summed E-state index contributed by atoms with van der Waals surface area (Å²) in [5.41, 5.74) is 11.1. The molecule has 6 heteroatoms. The first-order valence-electron chi connectivity index (χ1n) is 5.99. The number of nitrogens with two attached hydrogens (primary N) is 2. The van der Waals surface area contributed by atoms with Crippen LogP contribution in [0.15, 0.2) is 24.3 Å². The SMILES string of the molecule is CC(CC(N)=O)NCc1ccc(OCC(N)=O)cc1. The quantitative estimate of drug-likeness (QED) is 0.610. The molecular formula is C13H19N3O3. The number of nitrogens with one attached hydrogen (secondary N) is 1. The molecule has 1 aromatic carbocycles. The minimum absolute atomic E-state index is 0.0308. The lowest BCUT2D eigenvalue weighted by atomic mass is 10.2. The second-order valence-corrected chi connectivity index (χ2v) is 4.35. The van der Waals surface area contributed by atoms with Gasteiger partial charge in [-0.2, -0.15) is 0 Å². The van der Waals surface area contributed by atoms with Gasteiger partial charge in [0.2, 0.25) is 5.91 Å². The van der Waals surface area contributed by atoms with Crippen LogP contribution in [0, 0.1) is 0 Å². The van der Waals surface area contributed by atoms with Crippen molar-refractivity contribution in [2.24, 2.45) is 11.5 Å². The third-order valence-corrected chi connectivity index (χ3v) is 2.47. The van der Waals surface area contributed by atoms with E-state index in [4.69, 9.17) is 16.2 Å². The highest BCUT2D eigenvalue weighted by Gasteiger charge is 2.05. The number of hydrogen-bond acceptors (Lipinski definition) is 4. The lowest BCUT2D eigenvalue weighted by Gasteiger charge is -2.12. The van der Waals surface area contributed by atoms with Gasteiger partial charge in [0.1, 0.15) is 5.75 Å². The van der Waals surface area contributed by atoms with E-state index in [-0.39, 0.29) is 18.6 Å². The molecule has 0 aliphatic heterocycles. The second-order valence-electron chi connectivity index (χ2n) is 4.35. The maximum absolute atomic E-state index is 10.7. The topological polar surface area (TPSA) is 107 Å². The van der Waals surface area contributed by atoms with Crippen LogP contribution in [0.25, 0.3) is 0 Å². The summed E-state index contributed by atoms with van der Waals surface area (Å²) in [5.74, 6) is -0.242. The van der Waals surface area contributed by atoms with E-state index >= 15 is 0 Å². The zero-order valence-electron chi connectivity index (χ0n) is 10.9. The molecule has 5 N–H and O–H groups in total. The molecule has 0 spiro atoms. The van der Waals surface area contributed by atoms with Crippen molar-refractivity contribution >= 4 is 11.8 Å². The van der Waals surface area contributed by atoms with E-state index in [1.807, 2.05) is 19.1 Å². The Labute approximate surface area is 112 Å². The molecule has 0 bridgehead atoms. The predicted molar refractivity (Wildman–Crippen MR) is 71.2 cm³/mol. The van der Waals surface area contributed by atoms with Gasteiger partial charge in [-0.25, -0.2) is 0 Å². The number of hydrogen-bond donors (Lipinski definition) is 3. The van der Waals surface area contributed by atoms with Crippen molar-refractivity contribution in [2.75, 3.05) is 6.61 Å². The Kier molecular flexibility index (Phi) is 5.81. The summed E-state index contributed by atoms with van der Waals surface area (Å²) in [6.45, 7) is 2.40. The van der Waals surface area contributed by atoms with Gasteiger partial charge in [0.05, 0.1) is 0 Å². The molecule has 0 aliphatic rings. The molecule has 0 fully saturated rings. The Hall–Kier alpha value is -2.08. The normalized spacial score (nSPS) is 11.8. The van der Waals surface area contributed by atoms with E-state index < -0.39 is 5.91 Å². The number of carbonyl (C=O) groups excluding carboxylic acids is 2. The molecule has 0 saturated heterocycles. The average Bonchev–Trinajstić information content (AvgIpc) is 2.34. The fourth-order valence-corrected chi connectivity index (χ4v) is 1.52. The Balaban J connectivity index is 2.39.